The smallest absolute Gasteiger partial charge is 0.244 e. The van der Waals surface area contributed by atoms with Crippen molar-refractivity contribution in [1.82, 2.24) is 9.21 Å². The molecule has 10 heteroatoms. The Morgan fingerprint density at radius 1 is 1.00 bits per heavy atom. The summed E-state index contributed by atoms with van der Waals surface area (Å²) in [5, 5.41) is 0.427. The summed E-state index contributed by atoms with van der Waals surface area (Å²) in [6, 6.07) is 9.41. The van der Waals surface area contributed by atoms with E-state index >= 15 is 0 Å². The Hall–Kier alpha value is -1.84. The first-order valence-corrected chi connectivity index (χ1v) is 11.4. The number of hydrogen-bond donors (Lipinski definition) is 0. The number of ether oxygens (including phenoxy) is 2. The van der Waals surface area contributed by atoms with Crippen LogP contribution in [-0.4, -0.2) is 70.3 Å². The Morgan fingerprint density at radius 3 is 2.33 bits per heavy atom. The molecule has 3 rings (SSSR count). The molecule has 0 radical (unpaired) electrons. The highest BCUT2D eigenvalue weighted by molar-refractivity contribution is 7.89. The summed E-state index contributed by atoms with van der Waals surface area (Å²) in [5.41, 5.74) is 0.428. The van der Waals surface area contributed by atoms with Gasteiger partial charge in [-0.2, -0.15) is 4.31 Å². The molecule has 1 saturated heterocycles. The maximum Gasteiger partial charge on any atom is 0.244 e. The van der Waals surface area contributed by atoms with Crippen LogP contribution in [0.5, 0.6) is 11.5 Å². The van der Waals surface area contributed by atoms with Gasteiger partial charge in [-0.3, -0.25) is 9.69 Å². The average Bonchev–Trinajstić information content (AvgIpc) is 2.75. The SMILES string of the molecule is COc1ccc(OC)c(C(=O)CN2CCN(S(=O)(=O)c3cc(Cl)ccc3Cl)CC2)c1. The van der Waals surface area contributed by atoms with Crippen molar-refractivity contribution in [3.8, 4) is 11.5 Å². The van der Waals surface area contributed by atoms with E-state index in [2.05, 4.69) is 0 Å². The minimum Gasteiger partial charge on any atom is -0.497 e. The van der Waals surface area contributed by atoms with E-state index in [9.17, 15) is 13.2 Å². The number of ketones is 1. The lowest BCUT2D eigenvalue weighted by Gasteiger charge is -2.33. The topological polar surface area (TPSA) is 76.2 Å². The van der Waals surface area contributed by atoms with E-state index in [4.69, 9.17) is 32.7 Å². The number of nitrogens with zero attached hydrogens (tertiary/aromatic N) is 2. The third kappa shape index (κ3) is 4.90. The quantitative estimate of drug-likeness (QED) is 0.575. The summed E-state index contributed by atoms with van der Waals surface area (Å²) >= 11 is 12.0. The second kappa shape index (κ2) is 9.53. The van der Waals surface area contributed by atoms with E-state index in [1.807, 2.05) is 4.90 Å². The van der Waals surface area contributed by atoms with Crippen LogP contribution in [0.15, 0.2) is 41.3 Å². The highest BCUT2D eigenvalue weighted by Gasteiger charge is 2.31. The van der Waals surface area contributed by atoms with Crippen LogP contribution in [0.4, 0.5) is 0 Å². The van der Waals surface area contributed by atoms with E-state index in [-0.39, 0.29) is 35.3 Å². The number of carbonyl (C=O) groups is 1. The van der Waals surface area contributed by atoms with Crippen LogP contribution in [0.3, 0.4) is 0 Å². The van der Waals surface area contributed by atoms with Crippen molar-refractivity contribution in [2.24, 2.45) is 0 Å². The van der Waals surface area contributed by atoms with Crippen molar-refractivity contribution >= 4 is 39.0 Å². The van der Waals surface area contributed by atoms with Crippen molar-refractivity contribution in [3.63, 3.8) is 0 Å². The number of halogens is 2. The highest BCUT2D eigenvalue weighted by Crippen LogP contribution is 2.29. The summed E-state index contributed by atoms with van der Waals surface area (Å²) in [6.45, 7) is 1.46. The molecule has 162 valence electrons. The highest BCUT2D eigenvalue weighted by atomic mass is 35.5. The molecule has 0 amide bonds. The first-order chi connectivity index (χ1) is 14.3. The lowest BCUT2D eigenvalue weighted by atomic mass is 10.1. The van der Waals surface area contributed by atoms with Gasteiger partial charge in [0.2, 0.25) is 10.0 Å². The van der Waals surface area contributed by atoms with E-state index in [0.717, 1.165) is 0 Å². The Balaban J connectivity index is 1.67. The zero-order chi connectivity index (χ0) is 21.9. The maximum atomic E-state index is 12.9. The number of piperazine rings is 1. The van der Waals surface area contributed by atoms with Crippen molar-refractivity contribution in [1.29, 1.82) is 0 Å². The molecular weight excluding hydrogens is 451 g/mol. The van der Waals surface area contributed by atoms with Crippen LogP contribution < -0.4 is 9.47 Å². The standard InChI is InChI=1S/C20H22Cl2N2O5S/c1-28-15-4-6-19(29-2)16(12-15)18(25)13-23-7-9-24(10-8-23)30(26,27)20-11-14(21)3-5-17(20)22/h3-6,11-12H,7-10,13H2,1-2H3. The summed E-state index contributed by atoms with van der Waals surface area (Å²) in [6.07, 6.45) is 0. The molecule has 0 unspecified atom stereocenters. The molecule has 0 spiro atoms. The van der Waals surface area contributed by atoms with Gasteiger partial charge in [0.1, 0.15) is 16.4 Å². The molecule has 30 heavy (non-hydrogen) atoms. The zero-order valence-corrected chi connectivity index (χ0v) is 18.9. The summed E-state index contributed by atoms with van der Waals surface area (Å²) < 4.78 is 37.7. The molecule has 0 atom stereocenters. The second-order valence-corrected chi connectivity index (χ2v) is 9.49. The predicted molar refractivity (Wildman–Crippen MR) is 116 cm³/mol. The molecule has 1 aliphatic rings. The van der Waals surface area contributed by atoms with Crippen LogP contribution in [0.1, 0.15) is 10.4 Å². The van der Waals surface area contributed by atoms with Crippen LogP contribution in [0.25, 0.3) is 0 Å². The molecule has 7 nitrogen and oxygen atoms in total. The molecule has 2 aromatic rings. The number of sulfonamides is 1. The van der Waals surface area contributed by atoms with E-state index in [1.165, 1.54) is 30.7 Å². The number of Topliss-reactive ketones (excluding diaryl/α,β-unsaturated/α-hetero) is 1. The Kier molecular flexibility index (Phi) is 7.26. The van der Waals surface area contributed by atoms with Crippen molar-refractivity contribution in [2.75, 3.05) is 46.9 Å². The molecule has 1 heterocycles. The summed E-state index contributed by atoms with van der Waals surface area (Å²) in [7, 11) is -0.737. The molecule has 1 aliphatic heterocycles. The fourth-order valence-corrected chi connectivity index (χ4v) is 5.42. The molecule has 1 fully saturated rings. The fraction of sp³-hybridized carbons (Fsp3) is 0.350. The largest absolute Gasteiger partial charge is 0.497 e. The lowest BCUT2D eigenvalue weighted by molar-refractivity contribution is 0.0898. The van der Waals surface area contributed by atoms with Gasteiger partial charge in [0.25, 0.3) is 0 Å². The van der Waals surface area contributed by atoms with Crippen molar-refractivity contribution in [2.45, 2.75) is 4.90 Å². The van der Waals surface area contributed by atoms with Crippen LogP contribution in [0, 0.1) is 0 Å². The van der Waals surface area contributed by atoms with Gasteiger partial charge >= 0.3 is 0 Å². The fourth-order valence-electron chi connectivity index (χ4n) is 3.26. The minimum atomic E-state index is -3.77. The third-order valence-electron chi connectivity index (χ3n) is 4.92. The van der Waals surface area contributed by atoms with E-state index < -0.39 is 10.0 Å². The van der Waals surface area contributed by atoms with Crippen molar-refractivity contribution in [3.05, 3.63) is 52.0 Å². The maximum absolute atomic E-state index is 12.9. The number of hydrogen-bond acceptors (Lipinski definition) is 6. The normalized spacial score (nSPS) is 15.7. The van der Waals surface area contributed by atoms with Gasteiger partial charge in [-0.25, -0.2) is 8.42 Å². The van der Waals surface area contributed by atoms with E-state index in [0.29, 0.717) is 35.2 Å². The predicted octanol–water partition coefficient (Wildman–Crippen LogP) is 3.20. The Morgan fingerprint density at radius 2 is 1.70 bits per heavy atom. The zero-order valence-electron chi connectivity index (χ0n) is 16.6. The van der Waals surface area contributed by atoms with Gasteiger partial charge in [0.15, 0.2) is 5.78 Å². The van der Waals surface area contributed by atoms with E-state index in [1.54, 1.807) is 24.3 Å². The first kappa shape index (κ1) is 22.8. The third-order valence-corrected chi connectivity index (χ3v) is 7.53. The number of benzene rings is 2. The number of methoxy groups -OCH3 is 2. The Bertz CT molecular complexity index is 1040. The van der Waals surface area contributed by atoms with Crippen molar-refractivity contribution < 1.29 is 22.7 Å². The first-order valence-electron chi connectivity index (χ1n) is 9.19. The van der Waals surface area contributed by atoms with Gasteiger partial charge in [-0.15, -0.1) is 0 Å². The molecule has 0 aromatic heterocycles. The second-order valence-electron chi connectivity index (χ2n) is 6.74. The molecule has 0 bridgehead atoms. The monoisotopic (exact) mass is 472 g/mol. The van der Waals surface area contributed by atoms with Crippen LogP contribution in [-0.2, 0) is 10.0 Å². The van der Waals surface area contributed by atoms with Gasteiger partial charge in [0, 0.05) is 31.2 Å². The molecule has 0 aliphatic carbocycles. The average molecular weight is 473 g/mol. The van der Waals surface area contributed by atoms with Gasteiger partial charge in [-0.1, -0.05) is 23.2 Å². The van der Waals surface area contributed by atoms with Crippen LogP contribution in [0.2, 0.25) is 10.0 Å². The lowest BCUT2D eigenvalue weighted by Crippen LogP contribution is -2.49. The molecule has 0 saturated carbocycles. The molecule has 0 N–H and O–H groups in total. The number of carbonyl (C=O) groups excluding carboxylic acids is 1. The Labute approximate surface area is 186 Å². The minimum absolute atomic E-state index is 0.0117. The molecular formula is C20H22Cl2N2O5S. The van der Waals surface area contributed by atoms with Gasteiger partial charge < -0.3 is 9.47 Å². The summed E-state index contributed by atoms with van der Waals surface area (Å²) in [5.74, 6) is 0.908. The van der Waals surface area contributed by atoms with Gasteiger partial charge in [-0.05, 0) is 36.4 Å². The molecule has 2 aromatic carbocycles. The number of rotatable bonds is 7. The summed E-state index contributed by atoms with van der Waals surface area (Å²) in [4.78, 5) is 14.7. The van der Waals surface area contributed by atoms with Crippen LogP contribution >= 0.6 is 23.2 Å². The van der Waals surface area contributed by atoms with Gasteiger partial charge in [0.05, 0.1) is 31.4 Å².